The first-order chi connectivity index (χ1) is 19.0. The second-order valence-electron chi connectivity index (χ2n) is 10.8. The Hall–Kier alpha value is -4.92. The molecule has 0 atom stereocenters. The summed E-state index contributed by atoms with van der Waals surface area (Å²) in [5, 5.41) is 8.84. The molecule has 0 bridgehead atoms. The monoisotopic (exact) mass is 537 g/mol. The maximum absolute atomic E-state index is 13.0. The van der Waals surface area contributed by atoms with Gasteiger partial charge < -0.3 is 25.3 Å². The Morgan fingerprint density at radius 3 is 2.52 bits per heavy atom. The summed E-state index contributed by atoms with van der Waals surface area (Å²) in [6.07, 6.45) is 1.66. The first-order valence-electron chi connectivity index (χ1n) is 12.9. The summed E-state index contributed by atoms with van der Waals surface area (Å²) in [6, 6.07) is 18.4. The fourth-order valence-corrected chi connectivity index (χ4v) is 4.48. The SMILES string of the molecule is Cc1c(NC(=O)c2ccc(C(C)(C)C)cc2)cccc1-c1cn(C)c(=O)c(Nc2ccc3c(c2)NC(=O)CO3)n1. The molecule has 9 heteroatoms. The predicted molar refractivity (Wildman–Crippen MR) is 157 cm³/mol. The number of carbonyl (C=O) groups is 2. The van der Waals surface area contributed by atoms with Crippen LogP contribution in [-0.2, 0) is 17.3 Å². The Morgan fingerprint density at radius 2 is 1.80 bits per heavy atom. The van der Waals surface area contributed by atoms with Gasteiger partial charge in [0.1, 0.15) is 5.75 Å². The highest BCUT2D eigenvalue weighted by Crippen LogP contribution is 2.32. The number of nitrogens with zero attached hydrogens (tertiary/aromatic N) is 2. The summed E-state index contributed by atoms with van der Waals surface area (Å²) in [4.78, 5) is 42.3. The van der Waals surface area contributed by atoms with Crippen molar-refractivity contribution in [2.45, 2.75) is 33.1 Å². The maximum atomic E-state index is 13.0. The van der Waals surface area contributed by atoms with Crippen molar-refractivity contribution in [2.75, 3.05) is 22.6 Å². The molecule has 1 aliphatic heterocycles. The lowest BCUT2D eigenvalue weighted by atomic mass is 9.86. The molecule has 0 spiro atoms. The molecule has 3 aromatic carbocycles. The van der Waals surface area contributed by atoms with Gasteiger partial charge in [-0.1, -0.05) is 45.0 Å². The molecule has 1 aromatic heterocycles. The number of aryl methyl sites for hydroxylation is 1. The smallest absolute Gasteiger partial charge is 0.293 e. The van der Waals surface area contributed by atoms with Crippen LogP contribution in [0.4, 0.5) is 22.9 Å². The number of nitrogens with one attached hydrogen (secondary N) is 3. The summed E-state index contributed by atoms with van der Waals surface area (Å²) >= 11 is 0. The number of benzene rings is 3. The van der Waals surface area contributed by atoms with E-state index in [1.807, 2.05) is 49.4 Å². The van der Waals surface area contributed by atoms with E-state index in [1.165, 1.54) is 4.57 Å². The number of hydrogen-bond donors (Lipinski definition) is 3. The van der Waals surface area contributed by atoms with Crippen molar-refractivity contribution in [3.8, 4) is 17.0 Å². The zero-order chi connectivity index (χ0) is 28.6. The standard InChI is InChI=1S/C31H31N5O4/c1-18-22(7-6-8-23(18)35-29(38)19-9-11-20(12-10-19)31(2,3)4)25-16-36(5)30(39)28(34-25)32-21-13-14-26-24(15-21)33-27(37)17-40-26/h6-16H,17H2,1-5H3,(H,32,34)(H,33,37)(H,35,38). The Bertz CT molecular complexity index is 1680. The molecule has 5 rings (SSSR count). The van der Waals surface area contributed by atoms with Gasteiger partial charge in [0.25, 0.3) is 17.4 Å². The highest BCUT2D eigenvalue weighted by atomic mass is 16.5. The van der Waals surface area contributed by atoms with Crippen LogP contribution in [0, 0.1) is 6.92 Å². The molecular formula is C31H31N5O4. The fraction of sp³-hybridized carbons (Fsp3) is 0.226. The summed E-state index contributed by atoms with van der Waals surface area (Å²) in [5.41, 5.74) is 5.28. The van der Waals surface area contributed by atoms with Crippen LogP contribution < -0.4 is 26.2 Å². The van der Waals surface area contributed by atoms with Crippen molar-refractivity contribution in [3.05, 3.63) is 93.9 Å². The van der Waals surface area contributed by atoms with Gasteiger partial charge in [-0.15, -0.1) is 0 Å². The number of amides is 2. The Labute approximate surface area is 232 Å². The van der Waals surface area contributed by atoms with E-state index in [1.54, 1.807) is 31.4 Å². The van der Waals surface area contributed by atoms with E-state index in [9.17, 15) is 14.4 Å². The van der Waals surface area contributed by atoms with Crippen molar-refractivity contribution in [1.29, 1.82) is 0 Å². The van der Waals surface area contributed by atoms with Crippen molar-refractivity contribution < 1.29 is 14.3 Å². The van der Waals surface area contributed by atoms with Crippen LogP contribution in [0.15, 0.2) is 71.7 Å². The second kappa shape index (κ2) is 10.3. The van der Waals surface area contributed by atoms with E-state index < -0.39 is 0 Å². The summed E-state index contributed by atoms with van der Waals surface area (Å²) < 4.78 is 6.86. The Morgan fingerprint density at radius 1 is 1.05 bits per heavy atom. The van der Waals surface area contributed by atoms with Gasteiger partial charge in [0, 0.05) is 35.7 Å². The predicted octanol–water partition coefficient (Wildman–Crippen LogP) is 5.38. The Kier molecular flexibility index (Phi) is 6.89. The topological polar surface area (TPSA) is 114 Å². The van der Waals surface area contributed by atoms with E-state index in [2.05, 4.69) is 41.7 Å². The first kappa shape index (κ1) is 26.7. The number of anilines is 4. The molecule has 1 aliphatic rings. The fourth-order valence-electron chi connectivity index (χ4n) is 4.48. The largest absolute Gasteiger partial charge is 0.482 e. The van der Waals surface area contributed by atoms with Crippen LogP contribution in [0.5, 0.6) is 5.75 Å². The van der Waals surface area contributed by atoms with E-state index >= 15 is 0 Å². The number of hydrogen-bond acceptors (Lipinski definition) is 6. The van der Waals surface area contributed by atoms with Crippen molar-refractivity contribution >= 4 is 34.7 Å². The molecule has 0 saturated heterocycles. The third-order valence-electron chi connectivity index (χ3n) is 6.82. The third-order valence-corrected chi connectivity index (χ3v) is 6.82. The van der Waals surface area contributed by atoms with Crippen molar-refractivity contribution in [3.63, 3.8) is 0 Å². The molecule has 40 heavy (non-hydrogen) atoms. The van der Waals surface area contributed by atoms with E-state index in [0.717, 1.165) is 16.7 Å². The molecule has 0 aliphatic carbocycles. The highest BCUT2D eigenvalue weighted by Gasteiger charge is 2.18. The van der Waals surface area contributed by atoms with E-state index in [-0.39, 0.29) is 35.2 Å². The van der Waals surface area contributed by atoms with Gasteiger partial charge in [0.05, 0.1) is 11.4 Å². The Balaban J connectivity index is 1.42. The molecule has 4 aromatic rings. The number of carbonyl (C=O) groups excluding carboxylic acids is 2. The van der Waals surface area contributed by atoms with Gasteiger partial charge in [-0.3, -0.25) is 14.4 Å². The normalized spacial score (nSPS) is 12.7. The number of fused-ring (bicyclic) bond motifs is 1. The molecule has 3 N–H and O–H groups in total. The summed E-state index contributed by atoms with van der Waals surface area (Å²) in [6.45, 7) is 8.26. The van der Waals surface area contributed by atoms with E-state index in [4.69, 9.17) is 4.74 Å². The van der Waals surface area contributed by atoms with Gasteiger partial charge in [-0.25, -0.2) is 4.98 Å². The summed E-state index contributed by atoms with van der Waals surface area (Å²) in [7, 11) is 1.65. The number of aromatic nitrogens is 2. The molecule has 9 nitrogen and oxygen atoms in total. The lowest BCUT2D eigenvalue weighted by Crippen LogP contribution is -2.25. The van der Waals surface area contributed by atoms with Crippen LogP contribution in [0.1, 0.15) is 42.3 Å². The maximum Gasteiger partial charge on any atom is 0.293 e. The molecular weight excluding hydrogens is 506 g/mol. The van der Waals surface area contributed by atoms with Gasteiger partial charge in [-0.05, 0) is 59.9 Å². The molecule has 2 amide bonds. The molecule has 0 fully saturated rings. The quantitative estimate of drug-likeness (QED) is 0.315. The molecule has 0 radical (unpaired) electrons. The molecule has 0 unspecified atom stereocenters. The van der Waals surface area contributed by atoms with Crippen molar-refractivity contribution in [1.82, 2.24) is 9.55 Å². The van der Waals surface area contributed by atoms with Crippen LogP contribution in [0.2, 0.25) is 0 Å². The van der Waals surface area contributed by atoms with E-state index in [0.29, 0.717) is 34.1 Å². The van der Waals surface area contributed by atoms with Gasteiger partial charge >= 0.3 is 0 Å². The van der Waals surface area contributed by atoms with Gasteiger partial charge in [0.2, 0.25) is 0 Å². The minimum absolute atomic E-state index is 0.000668. The highest BCUT2D eigenvalue weighted by molar-refractivity contribution is 6.05. The number of rotatable bonds is 5. The van der Waals surface area contributed by atoms with Gasteiger partial charge in [0.15, 0.2) is 12.4 Å². The lowest BCUT2D eigenvalue weighted by molar-refractivity contribution is -0.118. The van der Waals surface area contributed by atoms with Gasteiger partial charge in [-0.2, -0.15) is 0 Å². The zero-order valence-corrected chi connectivity index (χ0v) is 23.1. The molecule has 2 heterocycles. The summed E-state index contributed by atoms with van der Waals surface area (Å²) in [5.74, 6) is 0.222. The molecule has 204 valence electrons. The minimum atomic E-state index is -0.317. The van der Waals surface area contributed by atoms with Crippen LogP contribution in [0.3, 0.4) is 0 Å². The lowest BCUT2D eigenvalue weighted by Gasteiger charge is -2.19. The average molecular weight is 538 g/mol. The molecule has 0 saturated carbocycles. The van der Waals surface area contributed by atoms with Crippen LogP contribution >= 0.6 is 0 Å². The van der Waals surface area contributed by atoms with Crippen LogP contribution in [0.25, 0.3) is 11.3 Å². The third kappa shape index (κ3) is 5.44. The minimum Gasteiger partial charge on any atom is -0.482 e. The number of ether oxygens (including phenoxy) is 1. The van der Waals surface area contributed by atoms with Crippen LogP contribution in [-0.4, -0.2) is 28.0 Å². The average Bonchev–Trinajstić information content (AvgIpc) is 2.91. The zero-order valence-electron chi connectivity index (χ0n) is 23.1. The van der Waals surface area contributed by atoms with Crippen molar-refractivity contribution in [2.24, 2.45) is 7.05 Å². The first-order valence-corrected chi connectivity index (χ1v) is 12.9. The second-order valence-corrected chi connectivity index (χ2v) is 10.8.